The maximum Gasteiger partial charge on any atom is 0.179 e. The molecule has 0 fully saturated rings. The molecule has 1 atom stereocenters. The first kappa shape index (κ1) is 22.5. The van der Waals surface area contributed by atoms with Crippen LogP contribution in [0.1, 0.15) is 22.9 Å². The van der Waals surface area contributed by atoms with Gasteiger partial charge in [-0.05, 0) is 61.0 Å². The summed E-state index contributed by atoms with van der Waals surface area (Å²) in [5.41, 5.74) is 6.74. The lowest BCUT2D eigenvalue weighted by Gasteiger charge is -2.40. The average Bonchev–Trinajstić information content (AvgIpc) is 3.29. The molecule has 1 N–H and O–H groups in total. The summed E-state index contributed by atoms with van der Waals surface area (Å²) in [4.78, 5) is 12.5. The molecule has 2 aliphatic heterocycles. The zero-order chi connectivity index (χ0) is 25.6. The second-order valence-corrected chi connectivity index (χ2v) is 9.71. The Labute approximate surface area is 225 Å². The molecular formula is C31H23ClN6. The first-order valence-electron chi connectivity index (χ1n) is 12.5. The van der Waals surface area contributed by atoms with Crippen LogP contribution in [0.3, 0.4) is 0 Å². The fraction of sp³-hybridized carbons (Fsp3) is 0.0645. The van der Waals surface area contributed by atoms with Crippen molar-refractivity contribution in [3.05, 3.63) is 131 Å². The molecule has 0 spiro atoms. The van der Waals surface area contributed by atoms with Gasteiger partial charge in [-0.3, -0.25) is 0 Å². The molecule has 5 aromatic rings. The van der Waals surface area contributed by atoms with E-state index in [1.54, 1.807) is 0 Å². The molecule has 3 heterocycles. The van der Waals surface area contributed by atoms with Crippen molar-refractivity contribution in [1.29, 1.82) is 0 Å². The monoisotopic (exact) mass is 514 g/mol. The van der Waals surface area contributed by atoms with Crippen molar-refractivity contribution in [3.8, 4) is 5.69 Å². The van der Waals surface area contributed by atoms with Gasteiger partial charge in [0.05, 0.1) is 28.8 Å². The van der Waals surface area contributed by atoms with E-state index in [1.165, 1.54) is 0 Å². The van der Waals surface area contributed by atoms with Gasteiger partial charge in [0.15, 0.2) is 17.5 Å². The lowest BCUT2D eigenvalue weighted by atomic mass is 9.93. The highest BCUT2D eigenvalue weighted by Gasteiger charge is 2.41. The third kappa shape index (κ3) is 3.69. The van der Waals surface area contributed by atoms with E-state index < -0.39 is 0 Å². The Balaban J connectivity index is 1.51. The number of fused-ring (bicyclic) bond motifs is 4. The maximum absolute atomic E-state index is 6.54. The Morgan fingerprint density at radius 3 is 2.32 bits per heavy atom. The Morgan fingerprint density at radius 2 is 1.53 bits per heavy atom. The smallest absolute Gasteiger partial charge is 0.179 e. The molecule has 7 rings (SSSR count). The van der Waals surface area contributed by atoms with Crippen molar-refractivity contribution in [3.63, 3.8) is 0 Å². The third-order valence-corrected chi connectivity index (χ3v) is 7.08. The molecule has 7 heteroatoms. The molecule has 0 saturated heterocycles. The SMILES string of the molecule is Cc1nn(-c2ccccc2)c2c1[C@H](c1cccc(Cl)c1)N1C(=N2)C(Nc2ccccc2)=Nc2ccccc21. The molecule has 0 amide bonds. The molecule has 0 radical (unpaired) electrons. The Bertz CT molecular complexity index is 1720. The molecule has 0 aliphatic carbocycles. The van der Waals surface area contributed by atoms with Gasteiger partial charge in [-0.1, -0.05) is 72.3 Å². The van der Waals surface area contributed by atoms with Gasteiger partial charge in [0.2, 0.25) is 0 Å². The Hall–Kier alpha value is -4.68. The van der Waals surface area contributed by atoms with E-state index in [2.05, 4.69) is 22.3 Å². The number of halogens is 1. The highest BCUT2D eigenvalue weighted by molar-refractivity contribution is 6.51. The number of aryl methyl sites for hydroxylation is 1. The molecule has 1 aromatic heterocycles. The van der Waals surface area contributed by atoms with Crippen molar-refractivity contribution in [2.75, 3.05) is 10.2 Å². The largest absolute Gasteiger partial charge is 0.337 e. The quantitative estimate of drug-likeness (QED) is 0.269. The minimum Gasteiger partial charge on any atom is -0.337 e. The highest BCUT2D eigenvalue weighted by Crippen LogP contribution is 2.48. The maximum atomic E-state index is 6.54. The molecule has 2 aliphatic rings. The van der Waals surface area contributed by atoms with Gasteiger partial charge >= 0.3 is 0 Å². The Morgan fingerprint density at radius 1 is 0.789 bits per heavy atom. The summed E-state index contributed by atoms with van der Waals surface area (Å²) >= 11 is 6.54. The van der Waals surface area contributed by atoms with Crippen LogP contribution in [0.15, 0.2) is 119 Å². The zero-order valence-electron chi connectivity index (χ0n) is 20.6. The minimum absolute atomic E-state index is 0.210. The van der Waals surface area contributed by atoms with Crippen LogP contribution in [0, 0.1) is 6.92 Å². The summed E-state index contributed by atoms with van der Waals surface area (Å²) < 4.78 is 1.92. The number of hydrogen-bond acceptors (Lipinski definition) is 5. The molecule has 38 heavy (non-hydrogen) atoms. The lowest BCUT2D eigenvalue weighted by Crippen LogP contribution is -2.46. The third-order valence-electron chi connectivity index (χ3n) is 6.84. The molecule has 0 saturated carbocycles. The van der Waals surface area contributed by atoms with Crippen LogP contribution in [0.25, 0.3) is 5.69 Å². The molecule has 6 nitrogen and oxygen atoms in total. The number of aliphatic imine (C=N–C) groups is 2. The first-order valence-corrected chi connectivity index (χ1v) is 12.8. The van der Waals surface area contributed by atoms with Crippen molar-refractivity contribution in [2.45, 2.75) is 13.0 Å². The number of benzene rings is 4. The number of hydrogen-bond donors (Lipinski definition) is 1. The van der Waals surface area contributed by atoms with E-state index in [0.29, 0.717) is 10.9 Å². The number of rotatable bonds is 3. The number of nitrogens with zero attached hydrogens (tertiary/aromatic N) is 5. The summed E-state index contributed by atoms with van der Waals surface area (Å²) in [5.74, 6) is 2.18. The molecule has 184 valence electrons. The van der Waals surface area contributed by atoms with Gasteiger partial charge < -0.3 is 10.2 Å². The molecule has 4 aromatic carbocycles. The number of aromatic nitrogens is 2. The van der Waals surface area contributed by atoms with Crippen molar-refractivity contribution >= 4 is 46.2 Å². The predicted octanol–water partition coefficient (Wildman–Crippen LogP) is 7.63. The van der Waals surface area contributed by atoms with E-state index in [0.717, 1.165) is 51.2 Å². The van der Waals surface area contributed by atoms with Gasteiger partial charge in [0.25, 0.3) is 0 Å². The van der Waals surface area contributed by atoms with Crippen LogP contribution >= 0.6 is 11.6 Å². The van der Waals surface area contributed by atoms with Gasteiger partial charge in [0.1, 0.15) is 0 Å². The van der Waals surface area contributed by atoms with Gasteiger partial charge in [0, 0.05) is 16.3 Å². The summed E-state index contributed by atoms with van der Waals surface area (Å²) in [6.45, 7) is 2.05. The summed E-state index contributed by atoms with van der Waals surface area (Å²) in [6.07, 6.45) is 0. The fourth-order valence-electron chi connectivity index (χ4n) is 5.20. The van der Waals surface area contributed by atoms with Crippen molar-refractivity contribution in [1.82, 2.24) is 9.78 Å². The van der Waals surface area contributed by atoms with E-state index in [-0.39, 0.29) is 6.04 Å². The van der Waals surface area contributed by atoms with Crippen LogP contribution < -0.4 is 10.2 Å². The van der Waals surface area contributed by atoms with Crippen LogP contribution in [-0.2, 0) is 0 Å². The number of nitrogens with one attached hydrogen (secondary N) is 1. The normalized spacial score (nSPS) is 15.6. The second kappa shape index (κ2) is 9.01. The van der Waals surface area contributed by atoms with E-state index in [4.69, 9.17) is 26.7 Å². The predicted molar refractivity (Wildman–Crippen MR) is 155 cm³/mol. The van der Waals surface area contributed by atoms with E-state index >= 15 is 0 Å². The molecule has 0 unspecified atom stereocenters. The van der Waals surface area contributed by atoms with E-state index in [1.807, 2.05) is 109 Å². The summed E-state index contributed by atoms with van der Waals surface area (Å²) in [5, 5.41) is 9.18. The number of amidine groups is 2. The number of anilines is 2. The molecular weight excluding hydrogens is 492 g/mol. The van der Waals surface area contributed by atoms with Crippen LogP contribution in [0.5, 0.6) is 0 Å². The Kier molecular flexibility index (Phi) is 5.34. The van der Waals surface area contributed by atoms with Crippen LogP contribution in [0.4, 0.5) is 22.9 Å². The summed E-state index contributed by atoms with van der Waals surface area (Å²) in [7, 11) is 0. The number of para-hydroxylation sites is 4. The topological polar surface area (TPSA) is 57.8 Å². The minimum atomic E-state index is -0.210. The van der Waals surface area contributed by atoms with Gasteiger partial charge in [-0.2, -0.15) is 5.10 Å². The first-order chi connectivity index (χ1) is 18.7. The van der Waals surface area contributed by atoms with Gasteiger partial charge in [-0.15, -0.1) is 0 Å². The molecule has 0 bridgehead atoms. The van der Waals surface area contributed by atoms with Crippen LogP contribution in [-0.4, -0.2) is 21.5 Å². The average molecular weight is 515 g/mol. The lowest BCUT2D eigenvalue weighted by molar-refractivity contribution is 0.815. The van der Waals surface area contributed by atoms with Crippen molar-refractivity contribution < 1.29 is 0 Å². The fourth-order valence-corrected chi connectivity index (χ4v) is 5.40. The van der Waals surface area contributed by atoms with E-state index in [9.17, 15) is 0 Å². The zero-order valence-corrected chi connectivity index (χ0v) is 21.3. The van der Waals surface area contributed by atoms with Gasteiger partial charge in [-0.25, -0.2) is 14.7 Å². The summed E-state index contributed by atoms with van der Waals surface area (Å²) in [6, 6.07) is 36.1. The second-order valence-electron chi connectivity index (χ2n) is 9.27. The van der Waals surface area contributed by atoms with Crippen LogP contribution in [0.2, 0.25) is 5.02 Å². The van der Waals surface area contributed by atoms with Crippen molar-refractivity contribution in [2.24, 2.45) is 9.98 Å². The standard InChI is InChI=1S/C31H23ClN6/c1-20-27-28(21-11-10-12-22(32)19-21)37-26-18-9-8-17-25(26)34-29(33-23-13-4-2-5-14-23)31(37)35-30(27)38(36-20)24-15-6-3-7-16-24/h2-19,28H,1H3,(H,33,34)/t28-/m0/s1. The highest BCUT2D eigenvalue weighted by atomic mass is 35.5.